The molecule has 2 N–H and O–H groups in total. The van der Waals surface area contributed by atoms with Crippen LogP contribution in [0, 0.1) is 0 Å². The third-order valence-electron chi connectivity index (χ3n) is 3.41. The van der Waals surface area contributed by atoms with Gasteiger partial charge < -0.3 is 15.1 Å². The van der Waals surface area contributed by atoms with Gasteiger partial charge in [-0.05, 0) is 36.1 Å². The standard InChI is InChI=1S/C17H19NO4/c19-17(20)8-2-1-5-11-22-16-10-9-13-6-3-4-7-14(13)15(16)12-18-21/h3-4,6-7,9-10,12,21H,1-2,5,8,11H2,(H,19,20)/b18-12+. The minimum Gasteiger partial charge on any atom is -0.493 e. The number of carboxylic acids is 1. The SMILES string of the molecule is O=C(O)CCCCCOc1ccc2ccccc2c1/C=N/O. The van der Waals surface area contributed by atoms with E-state index in [1.54, 1.807) is 0 Å². The number of carboxylic acid groups (broad SMARTS) is 1. The van der Waals surface area contributed by atoms with Crippen LogP contribution in [0.15, 0.2) is 41.6 Å². The van der Waals surface area contributed by atoms with E-state index in [0.717, 1.165) is 29.2 Å². The van der Waals surface area contributed by atoms with E-state index in [2.05, 4.69) is 5.16 Å². The van der Waals surface area contributed by atoms with E-state index in [1.807, 2.05) is 36.4 Å². The summed E-state index contributed by atoms with van der Waals surface area (Å²) in [6.45, 7) is 0.504. The lowest BCUT2D eigenvalue weighted by molar-refractivity contribution is -0.137. The number of ether oxygens (including phenoxy) is 1. The Morgan fingerprint density at radius 1 is 1.14 bits per heavy atom. The molecule has 0 aliphatic carbocycles. The minimum atomic E-state index is -0.767. The summed E-state index contributed by atoms with van der Waals surface area (Å²) in [7, 11) is 0. The molecule has 0 atom stereocenters. The van der Waals surface area contributed by atoms with E-state index >= 15 is 0 Å². The Morgan fingerprint density at radius 3 is 2.73 bits per heavy atom. The summed E-state index contributed by atoms with van der Waals surface area (Å²) < 4.78 is 5.76. The van der Waals surface area contributed by atoms with Gasteiger partial charge in [0.1, 0.15) is 5.75 Å². The first-order valence-electron chi connectivity index (χ1n) is 7.26. The fourth-order valence-corrected chi connectivity index (χ4v) is 2.33. The molecule has 0 bridgehead atoms. The summed E-state index contributed by atoms with van der Waals surface area (Å²) in [6, 6.07) is 11.6. The molecular weight excluding hydrogens is 282 g/mol. The lowest BCUT2D eigenvalue weighted by Gasteiger charge is -2.11. The molecule has 0 radical (unpaired) electrons. The Labute approximate surface area is 128 Å². The Hall–Kier alpha value is -2.56. The molecule has 0 saturated carbocycles. The van der Waals surface area contributed by atoms with Crippen molar-refractivity contribution in [1.29, 1.82) is 0 Å². The van der Waals surface area contributed by atoms with Crippen LogP contribution in [0.25, 0.3) is 10.8 Å². The fraction of sp³-hybridized carbons (Fsp3) is 0.294. The third-order valence-corrected chi connectivity index (χ3v) is 3.41. The molecule has 0 spiro atoms. The Morgan fingerprint density at radius 2 is 1.95 bits per heavy atom. The van der Waals surface area contributed by atoms with Crippen LogP contribution in [-0.2, 0) is 4.79 Å². The first kappa shape index (κ1) is 15.8. The molecule has 0 aliphatic heterocycles. The van der Waals surface area contributed by atoms with Crippen molar-refractivity contribution in [3.8, 4) is 5.75 Å². The van der Waals surface area contributed by atoms with Gasteiger partial charge in [0, 0.05) is 12.0 Å². The molecule has 0 saturated heterocycles. The van der Waals surface area contributed by atoms with E-state index in [0.29, 0.717) is 18.8 Å². The van der Waals surface area contributed by atoms with Crippen LogP contribution in [0.1, 0.15) is 31.2 Å². The van der Waals surface area contributed by atoms with Gasteiger partial charge in [-0.15, -0.1) is 0 Å². The molecule has 5 heteroatoms. The first-order chi connectivity index (χ1) is 10.7. The van der Waals surface area contributed by atoms with Gasteiger partial charge in [0.25, 0.3) is 0 Å². The molecule has 0 aliphatic rings. The van der Waals surface area contributed by atoms with E-state index in [4.69, 9.17) is 15.1 Å². The monoisotopic (exact) mass is 301 g/mol. The summed E-state index contributed by atoms with van der Waals surface area (Å²) in [4.78, 5) is 10.4. The van der Waals surface area contributed by atoms with Crippen LogP contribution in [-0.4, -0.2) is 29.1 Å². The highest BCUT2D eigenvalue weighted by Crippen LogP contribution is 2.27. The van der Waals surface area contributed by atoms with Crippen molar-refractivity contribution in [2.24, 2.45) is 5.16 Å². The normalized spacial score (nSPS) is 11.1. The maximum atomic E-state index is 10.4. The van der Waals surface area contributed by atoms with Crippen molar-refractivity contribution < 1.29 is 19.8 Å². The zero-order chi connectivity index (χ0) is 15.8. The molecule has 0 fully saturated rings. The number of hydrogen-bond donors (Lipinski definition) is 2. The Balaban J connectivity index is 2.01. The zero-order valence-electron chi connectivity index (χ0n) is 12.2. The second-order valence-corrected chi connectivity index (χ2v) is 5.00. The molecule has 2 rings (SSSR count). The predicted molar refractivity (Wildman–Crippen MR) is 84.9 cm³/mol. The number of hydrogen-bond acceptors (Lipinski definition) is 4. The summed E-state index contributed by atoms with van der Waals surface area (Å²) in [5.41, 5.74) is 0.742. The van der Waals surface area contributed by atoms with Crippen molar-refractivity contribution in [3.63, 3.8) is 0 Å². The summed E-state index contributed by atoms with van der Waals surface area (Å²) in [6.07, 6.45) is 3.82. The zero-order valence-corrected chi connectivity index (χ0v) is 12.2. The number of carbonyl (C=O) groups is 1. The van der Waals surface area contributed by atoms with Crippen molar-refractivity contribution in [1.82, 2.24) is 0 Å². The number of unbranched alkanes of at least 4 members (excludes halogenated alkanes) is 2. The molecule has 5 nitrogen and oxygen atoms in total. The van der Waals surface area contributed by atoms with E-state index in [-0.39, 0.29) is 6.42 Å². The highest BCUT2D eigenvalue weighted by molar-refractivity contribution is 6.02. The molecule has 2 aromatic carbocycles. The number of oxime groups is 1. The average Bonchev–Trinajstić information content (AvgIpc) is 2.52. The van der Waals surface area contributed by atoms with Crippen molar-refractivity contribution in [3.05, 3.63) is 42.0 Å². The highest BCUT2D eigenvalue weighted by atomic mass is 16.5. The van der Waals surface area contributed by atoms with E-state index < -0.39 is 5.97 Å². The topological polar surface area (TPSA) is 79.1 Å². The van der Waals surface area contributed by atoms with Gasteiger partial charge in [-0.25, -0.2) is 0 Å². The molecule has 0 heterocycles. The molecule has 0 aromatic heterocycles. The molecule has 22 heavy (non-hydrogen) atoms. The lowest BCUT2D eigenvalue weighted by atomic mass is 10.0. The third kappa shape index (κ3) is 4.22. The molecule has 116 valence electrons. The van der Waals surface area contributed by atoms with Crippen molar-refractivity contribution >= 4 is 23.0 Å². The number of aliphatic carboxylic acids is 1. The quantitative estimate of drug-likeness (QED) is 0.337. The van der Waals surface area contributed by atoms with Gasteiger partial charge in [-0.3, -0.25) is 4.79 Å². The molecular formula is C17H19NO4. The fourth-order valence-electron chi connectivity index (χ4n) is 2.33. The van der Waals surface area contributed by atoms with Crippen molar-refractivity contribution in [2.45, 2.75) is 25.7 Å². The van der Waals surface area contributed by atoms with Gasteiger partial charge in [0.05, 0.1) is 12.8 Å². The average molecular weight is 301 g/mol. The van der Waals surface area contributed by atoms with E-state index in [9.17, 15) is 4.79 Å². The second-order valence-electron chi connectivity index (χ2n) is 5.00. The van der Waals surface area contributed by atoms with Gasteiger partial charge in [-0.2, -0.15) is 0 Å². The van der Waals surface area contributed by atoms with Crippen LogP contribution < -0.4 is 4.74 Å². The number of nitrogens with zero attached hydrogens (tertiary/aromatic N) is 1. The Bertz CT molecular complexity index is 667. The summed E-state index contributed by atoms with van der Waals surface area (Å²) in [5, 5.41) is 22.6. The maximum absolute atomic E-state index is 10.4. The van der Waals surface area contributed by atoms with Crippen molar-refractivity contribution in [2.75, 3.05) is 6.61 Å². The molecule has 2 aromatic rings. The van der Waals surface area contributed by atoms with Crippen LogP contribution in [0.3, 0.4) is 0 Å². The summed E-state index contributed by atoms with van der Waals surface area (Å²) in [5.74, 6) is -0.105. The molecule has 0 unspecified atom stereocenters. The van der Waals surface area contributed by atoms with Gasteiger partial charge in [0.2, 0.25) is 0 Å². The highest BCUT2D eigenvalue weighted by Gasteiger charge is 2.07. The molecule has 0 amide bonds. The number of benzene rings is 2. The predicted octanol–water partition coefficient (Wildman–Crippen LogP) is 3.67. The van der Waals surface area contributed by atoms with Crippen LogP contribution in [0.5, 0.6) is 5.75 Å². The van der Waals surface area contributed by atoms with Gasteiger partial charge in [0.15, 0.2) is 0 Å². The Kier molecular flexibility index (Phi) is 5.77. The van der Waals surface area contributed by atoms with Crippen LogP contribution >= 0.6 is 0 Å². The van der Waals surface area contributed by atoms with E-state index in [1.165, 1.54) is 6.21 Å². The number of fused-ring (bicyclic) bond motifs is 1. The second kappa shape index (κ2) is 8.02. The van der Waals surface area contributed by atoms with Crippen LogP contribution in [0.4, 0.5) is 0 Å². The first-order valence-corrected chi connectivity index (χ1v) is 7.26. The van der Waals surface area contributed by atoms with Gasteiger partial charge in [-0.1, -0.05) is 35.5 Å². The van der Waals surface area contributed by atoms with Crippen LogP contribution in [0.2, 0.25) is 0 Å². The summed E-state index contributed by atoms with van der Waals surface area (Å²) >= 11 is 0. The number of rotatable bonds is 8. The lowest BCUT2D eigenvalue weighted by Crippen LogP contribution is -2.01. The minimum absolute atomic E-state index is 0.193. The smallest absolute Gasteiger partial charge is 0.303 e. The maximum Gasteiger partial charge on any atom is 0.303 e. The largest absolute Gasteiger partial charge is 0.493 e. The van der Waals surface area contributed by atoms with Gasteiger partial charge >= 0.3 is 5.97 Å².